The monoisotopic (exact) mass is 343 g/mol. The molecule has 19 heavy (non-hydrogen) atoms. The van der Waals surface area contributed by atoms with Gasteiger partial charge >= 0.3 is 0 Å². The smallest absolute Gasteiger partial charge is 0.105 e. The Hall–Kier alpha value is -0.690. The van der Waals surface area contributed by atoms with E-state index in [-0.39, 0.29) is 6.61 Å². The minimum absolute atomic E-state index is 0.230. The van der Waals surface area contributed by atoms with Gasteiger partial charge in [0.25, 0.3) is 0 Å². The van der Waals surface area contributed by atoms with E-state index in [1.54, 1.807) is 0 Å². The summed E-state index contributed by atoms with van der Waals surface area (Å²) in [5, 5.41) is 8.93. The Morgan fingerprint density at radius 3 is 2.53 bits per heavy atom. The highest BCUT2D eigenvalue weighted by atomic mass is 79.9. The van der Waals surface area contributed by atoms with Crippen molar-refractivity contribution in [1.29, 1.82) is 0 Å². The van der Waals surface area contributed by atoms with Gasteiger partial charge in [0, 0.05) is 48.4 Å². The number of anilines is 1. The molecule has 0 aromatic heterocycles. The fourth-order valence-corrected chi connectivity index (χ4v) is 3.16. The molecule has 0 radical (unpaired) electrons. The second-order valence-corrected chi connectivity index (χ2v) is 5.87. The van der Waals surface area contributed by atoms with Crippen LogP contribution in [-0.2, 0) is 0 Å². The lowest BCUT2D eigenvalue weighted by Crippen LogP contribution is -2.47. The van der Waals surface area contributed by atoms with Crippen LogP contribution in [0.3, 0.4) is 0 Å². The van der Waals surface area contributed by atoms with Crippen molar-refractivity contribution in [3.8, 4) is 0 Å². The Bertz CT molecular complexity index is 461. The van der Waals surface area contributed by atoms with Gasteiger partial charge in [-0.25, -0.2) is 0 Å². The van der Waals surface area contributed by atoms with Gasteiger partial charge in [-0.15, -0.1) is 0 Å². The van der Waals surface area contributed by atoms with Gasteiger partial charge in [-0.05, 0) is 34.1 Å². The van der Waals surface area contributed by atoms with Gasteiger partial charge in [0.05, 0.1) is 6.61 Å². The van der Waals surface area contributed by atoms with Crippen LogP contribution in [0.5, 0.6) is 0 Å². The largest absolute Gasteiger partial charge is 0.395 e. The van der Waals surface area contributed by atoms with Crippen LogP contribution in [0.25, 0.3) is 0 Å². The van der Waals surface area contributed by atoms with Gasteiger partial charge in [-0.2, -0.15) is 0 Å². The summed E-state index contributed by atoms with van der Waals surface area (Å²) >= 11 is 8.51. The van der Waals surface area contributed by atoms with Crippen LogP contribution in [0.2, 0.25) is 0 Å². The number of aliphatic hydroxyl groups excluding tert-OH is 1. The molecule has 0 amide bonds. The molecule has 1 saturated heterocycles. The van der Waals surface area contributed by atoms with Gasteiger partial charge in [0.15, 0.2) is 0 Å². The summed E-state index contributed by atoms with van der Waals surface area (Å²) in [5.74, 6) is 0. The molecule has 1 aliphatic heterocycles. The molecule has 0 bridgehead atoms. The molecule has 0 saturated carbocycles. The number of rotatable bonds is 4. The van der Waals surface area contributed by atoms with Gasteiger partial charge in [0.2, 0.25) is 0 Å². The average molecular weight is 344 g/mol. The average Bonchev–Trinajstić information content (AvgIpc) is 2.39. The Morgan fingerprint density at radius 1 is 1.32 bits per heavy atom. The molecular weight excluding hydrogens is 326 g/mol. The zero-order chi connectivity index (χ0) is 13.8. The van der Waals surface area contributed by atoms with E-state index < -0.39 is 0 Å². The molecule has 0 spiro atoms. The SMILES string of the molecule is NC(=S)c1ccc(N2CCN(CCO)CC2)cc1Br. The number of nitrogens with two attached hydrogens (primary N) is 1. The Labute approximate surface area is 127 Å². The number of aliphatic hydroxyl groups is 1. The molecule has 0 atom stereocenters. The first kappa shape index (κ1) is 14.7. The molecule has 2 rings (SSSR count). The van der Waals surface area contributed by atoms with Gasteiger partial charge in [0.1, 0.15) is 4.99 Å². The maximum Gasteiger partial charge on any atom is 0.105 e. The number of β-amino-alcohol motifs (C(OH)–C–C–N with tert-alkyl or cyclic N) is 1. The van der Waals surface area contributed by atoms with Crippen molar-refractivity contribution in [3.63, 3.8) is 0 Å². The van der Waals surface area contributed by atoms with Crippen LogP contribution >= 0.6 is 28.1 Å². The highest BCUT2D eigenvalue weighted by Crippen LogP contribution is 2.25. The van der Waals surface area contributed by atoms with Crippen LogP contribution in [-0.4, -0.2) is 54.3 Å². The number of thiocarbonyl (C=S) groups is 1. The third-order valence-electron chi connectivity index (χ3n) is 3.37. The summed E-state index contributed by atoms with van der Waals surface area (Å²) in [6.07, 6.45) is 0. The van der Waals surface area contributed by atoms with E-state index in [1.807, 2.05) is 6.07 Å². The number of hydrogen-bond acceptors (Lipinski definition) is 4. The third-order valence-corrected chi connectivity index (χ3v) is 4.25. The number of nitrogens with zero attached hydrogens (tertiary/aromatic N) is 2. The van der Waals surface area contributed by atoms with E-state index in [4.69, 9.17) is 23.1 Å². The highest BCUT2D eigenvalue weighted by molar-refractivity contribution is 9.10. The molecule has 3 N–H and O–H groups in total. The molecule has 1 aromatic carbocycles. The lowest BCUT2D eigenvalue weighted by molar-refractivity contribution is 0.189. The predicted molar refractivity (Wildman–Crippen MR) is 85.8 cm³/mol. The van der Waals surface area contributed by atoms with Crippen LogP contribution in [0.4, 0.5) is 5.69 Å². The topological polar surface area (TPSA) is 52.7 Å². The molecule has 4 nitrogen and oxygen atoms in total. The minimum atomic E-state index is 0.230. The molecule has 0 unspecified atom stereocenters. The predicted octanol–water partition coefficient (Wildman–Crippen LogP) is 1.20. The Balaban J connectivity index is 2.04. The number of piperazine rings is 1. The second-order valence-electron chi connectivity index (χ2n) is 4.58. The summed E-state index contributed by atoms with van der Waals surface area (Å²) in [5.41, 5.74) is 7.70. The number of halogens is 1. The summed E-state index contributed by atoms with van der Waals surface area (Å²) in [6.45, 7) is 4.90. The summed E-state index contributed by atoms with van der Waals surface area (Å²) in [4.78, 5) is 5.02. The van der Waals surface area contributed by atoms with Crippen LogP contribution in [0.15, 0.2) is 22.7 Å². The molecule has 1 heterocycles. The van der Waals surface area contributed by atoms with Gasteiger partial charge < -0.3 is 15.7 Å². The van der Waals surface area contributed by atoms with Crippen molar-refractivity contribution < 1.29 is 5.11 Å². The van der Waals surface area contributed by atoms with Crippen molar-refractivity contribution in [2.45, 2.75) is 0 Å². The maximum absolute atomic E-state index is 8.93. The summed E-state index contributed by atoms with van der Waals surface area (Å²) in [7, 11) is 0. The molecular formula is C13H18BrN3OS. The zero-order valence-electron chi connectivity index (χ0n) is 10.7. The fraction of sp³-hybridized carbons (Fsp3) is 0.462. The Morgan fingerprint density at radius 2 is 2.00 bits per heavy atom. The van der Waals surface area contributed by atoms with E-state index in [1.165, 1.54) is 5.69 Å². The van der Waals surface area contributed by atoms with E-state index in [0.717, 1.165) is 42.8 Å². The highest BCUT2D eigenvalue weighted by Gasteiger charge is 2.17. The number of benzene rings is 1. The van der Waals surface area contributed by atoms with Crippen LogP contribution in [0.1, 0.15) is 5.56 Å². The van der Waals surface area contributed by atoms with E-state index in [9.17, 15) is 0 Å². The lowest BCUT2D eigenvalue weighted by Gasteiger charge is -2.36. The minimum Gasteiger partial charge on any atom is -0.395 e. The second kappa shape index (κ2) is 6.65. The standard InChI is InChI=1S/C13H18BrN3OS/c14-12-9-10(1-2-11(12)13(15)19)17-5-3-16(4-6-17)7-8-18/h1-2,9,18H,3-8H2,(H2,15,19). The normalized spacial score (nSPS) is 16.6. The number of hydrogen-bond donors (Lipinski definition) is 2. The van der Waals surface area contributed by atoms with Gasteiger partial charge in [-0.1, -0.05) is 12.2 Å². The van der Waals surface area contributed by atoms with Crippen molar-refractivity contribution in [3.05, 3.63) is 28.2 Å². The first-order chi connectivity index (χ1) is 9.11. The fourth-order valence-electron chi connectivity index (χ4n) is 2.27. The van der Waals surface area contributed by atoms with Crippen molar-refractivity contribution in [2.75, 3.05) is 44.2 Å². The van der Waals surface area contributed by atoms with E-state index >= 15 is 0 Å². The zero-order valence-corrected chi connectivity index (χ0v) is 13.1. The molecule has 1 aromatic rings. The first-order valence-electron chi connectivity index (χ1n) is 6.29. The van der Waals surface area contributed by atoms with Crippen molar-refractivity contribution in [2.24, 2.45) is 5.73 Å². The third kappa shape index (κ3) is 3.66. The van der Waals surface area contributed by atoms with Crippen LogP contribution < -0.4 is 10.6 Å². The van der Waals surface area contributed by atoms with Crippen molar-refractivity contribution in [1.82, 2.24) is 4.90 Å². The van der Waals surface area contributed by atoms with Crippen LogP contribution in [0, 0.1) is 0 Å². The van der Waals surface area contributed by atoms with Crippen molar-refractivity contribution >= 4 is 38.8 Å². The summed E-state index contributed by atoms with van der Waals surface area (Å²) < 4.78 is 0.940. The Kier molecular flexibility index (Phi) is 5.15. The quantitative estimate of drug-likeness (QED) is 0.804. The lowest BCUT2D eigenvalue weighted by atomic mass is 10.2. The molecule has 1 aliphatic rings. The van der Waals surface area contributed by atoms with E-state index in [2.05, 4.69) is 37.9 Å². The molecule has 104 valence electrons. The molecule has 6 heteroatoms. The molecule has 0 aliphatic carbocycles. The first-order valence-corrected chi connectivity index (χ1v) is 7.49. The maximum atomic E-state index is 8.93. The summed E-state index contributed by atoms with van der Waals surface area (Å²) in [6, 6.07) is 6.08. The van der Waals surface area contributed by atoms with Gasteiger partial charge in [-0.3, -0.25) is 4.90 Å². The van der Waals surface area contributed by atoms with E-state index in [0.29, 0.717) is 4.99 Å². The molecule has 1 fully saturated rings.